The number of imide groups is 1. The lowest BCUT2D eigenvalue weighted by Crippen LogP contribution is -2.33. The summed E-state index contributed by atoms with van der Waals surface area (Å²) in [7, 11) is 0. The van der Waals surface area contributed by atoms with Gasteiger partial charge in [0.15, 0.2) is 0 Å². The second kappa shape index (κ2) is 2.47. The van der Waals surface area contributed by atoms with E-state index in [1.165, 1.54) is 4.90 Å². The van der Waals surface area contributed by atoms with Crippen LogP contribution in [-0.2, 0) is 4.79 Å². The van der Waals surface area contributed by atoms with Gasteiger partial charge >= 0.3 is 6.03 Å². The van der Waals surface area contributed by atoms with Crippen LogP contribution in [0.3, 0.4) is 0 Å². The highest BCUT2D eigenvalue weighted by molar-refractivity contribution is 6.04. The van der Waals surface area contributed by atoms with Crippen molar-refractivity contribution in [2.24, 2.45) is 0 Å². The SMILES string of the molecule is CCC1NC(=O)N(C2CC2)C1=O. The molecule has 1 aliphatic heterocycles. The van der Waals surface area contributed by atoms with Crippen LogP contribution in [0.1, 0.15) is 26.2 Å². The Kier molecular flexibility index (Phi) is 1.56. The van der Waals surface area contributed by atoms with Crippen LogP contribution in [0.5, 0.6) is 0 Å². The van der Waals surface area contributed by atoms with Crippen LogP contribution in [0.25, 0.3) is 0 Å². The molecular weight excluding hydrogens is 156 g/mol. The summed E-state index contributed by atoms with van der Waals surface area (Å²) in [5.74, 6) is -0.0370. The Morgan fingerprint density at radius 1 is 1.50 bits per heavy atom. The number of nitrogens with one attached hydrogen (secondary N) is 1. The second-order valence-electron chi connectivity index (χ2n) is 3.35. The first-order valence-corrected chi connectivity index (χ1v) is 4.37. The number of hydrogen-bond acceptors (Lipinski definition) is 2. The molecule has 1 saturated heterocycles. The van der Waals surface area contributed by atoms with Gasteiger partial charge in [-0.1, -0.05) is 6.92 Å². The maximum absolute atomic E-state index is 11.5. The van der Waals surface area contributed by atoms with Gasteiger partial charge in [0, 0.05) is 6.04 Å². The van der Waals surface area contributed by atoms with Crippen LogP contribution in [0, 0.1) is 0 Å². The molecule has 4 heteroatoms. The average Bonchev–Trinajstić information content (AvgIpc) is 2.80. The first kappa shape index (κ1) is 7.58. The second-order valence-corrected chi connectivity index (χ2v) is 3.35. The number of urea groups is 1. The Morgan fingerprint density at radius 2 is 2.17 bits per heavy atom. The van der Waals surface area contributed by atoms with Crippen LogP contribution in [0.2, 0.25) is 0 Å². The Morgan fingerprint density at radius 3 is 2.58 bits per heavy atom. The summed E-state index contributed by atoms with van der Waals surface area (Å²) in [5.41, 5.74) is 0. The van der Waals surface area contributed by atoms with E-state index < -0.39 is 0 Å². The van der Waals surface area contributed by atoms with Crippen molar-refractivity contribution in [2.45, 2.75) is 38.3 Å². The fourth-order valence-corrected chi connectivity index (χ4v) is 1.50. The zero-order valence-corrected chi connectivity index (χ0v) is 7.04. The van der Waals surface area contributed by atoms with Gasteiger partial charge in [-0.2, -0.15) is 0 Å². The molecule has 2 rings (SSSR count). The van der Waals surface area contributed by atoms with E-state index in [0.717, 1.165) is 12.8 Å². The maximum atomic E-state index is 11.5. The van der Waals surface area contributed by atoms with Gasteiger partial charge in [-0.15, -0.1) is 0 Å². The monoisotopic (exact) mass is 168 g/mol. The Bertz CT molecular complexity index is 235. The lowest BCUT2D eigenvalue weighted by molar-refractivity contribution is -0.127. The number of amides is 3. The van der Waals surface area contributed by atoms with Gasteiger partial charge in [0.05, 0.1) is 0 Å². The number of hydrogen-bond donors (Lipinski definition) is 1. The Labute approximate surface area is 70.9 Å². The fourth-order valence-electron chi connectivity index (χ4n) is 1.50. The van der Waals surface area contributed by atoms with E-state index in [2.05, 4.69) is 5.32 Å². The quantitative estimate of drug-likeness (QED) is 0.610. The van der Waals surface area contributed by atoms with E-state index in [1.54, 1.807) is 0 Å². The molecule has 1 unspecified atom stereocenters. The van der Waals surface area contributed by atoms with Crippen LogP contribution in [-0.4, -0.2) is 28.9 Å². The topological polar surface area (TPSA) is 49.4 Å². The van der Waals surface area contributed by atoms with Crippen LogP contribution in [0.4, 0.5) is 4.79 Å². The molecule has 0 aromatic heterocycles. The molecule has 1 heterocycles. The number of carbonyl (C=O) groups excluding carboxylic acids is 2. The predicted molar refractivity (Wildman–Crippen MR) is 42.5 cm³/mol. The van der Waals surface area contributed by atoms with Crippen molar-refractivity contribution in [2.75, 3.05) is 0 Å². The molecule has 1 N–H and O–H groups in total. The molecule has 1 saturated carbocycles. The highest BCUT2D eigenvalue weighted by Gasteiger charge is 2.44. The lowest BCUT2D eigenvalue weighted by Gasteiger charge is -2.09. The summed E-state index contributed by atoms with van der Waals surface area (Å²) in [6.45, 7) is 1.90. The summed E-state index contributed by atoms with van der Waals surface area (Å²) in [6, 6.07) is -0.262. The highest BCUT2D eigenvalue weighted by atomic mass is 16.2. The van der Waals surface area contributed by atoms with Gasteiger partial charge in [-0.05, 0) is 19.3 Å². The Balaban J connectivity index is 2.13. The molecule has 1 aliphatic carbocycles. The molecule has 3 amide bonds. The summed E-state index contributed by atoms with van der Waals surface area (Å²) in [4.78, 5) is 24.1. The molecule has 2 fully saturated rings. The molecule has 2 aliphatic rings. The van der Waals surface area contributed by atoms with E-state index in [-0.39, 0.29) is 24.0 Å². The van der Waals surface area contributed by atoms with Crippen molar-refractivity contribution in [3.05, 3.63) is 0 Å². The van der Waals surface area contributed by atoms with E-state index >= 15 is 0 Å². The van der Waals surface area contributed by atoms with Crippen molar-refractivity contribution >= 4 is 11.9 Å². The normalized spacial score (nSPS) is 29.4. The van der Waals surface area contributed by atoms with E-state index in [0.29, 0.717) is 6.42 Å². The van der Waals surface area contributed by atoms with Crippen molar-refractivity contribution < 1.29 is 9.59 Å². The minimum Gasteiger partial charge on any atom is -0.326 e. The molecule has 66 valence electrons. The highest BCUT2D eigenvalue weighted by Crippen LogP contribution is 2.29. The largest absolute Gasteiger partial charge is 0.326 e. The van der Waals surface area contributed by atoms with Crippen LogP contribution < -0.4 is 5.32 Å². The van der Waals surface area contributed by atoms with Gasteiger partial charge in [0.25, 0.3) is 5.91 Å². The molecule has 4 nitrogen and oxygen atoms in total. The molecular formula is C8H12N2O2. The zero-order valence-electron chi connectivity index (χ0n) is 7.04. The summed E-state index contributed by atoms with van der Waals surface area (Å²) >= 11 is 0. The molecule has 0 spiro atoms. The van der Waals surface area contributed by atoms with Crippen LogP contribution >= 0.6 is 0 Å². The fraction of sp³-hybridized carbons (Fsp3) is 0.750. The number of carbonyl (C=O) groups is 2. The smallest absolute Gasteiger partial charge is 0.325 e. The van der Waals surface area contributed by atoms with E-state index in [4.69, 9.17) is 0 Å². The predicted octanol–water partition coefficient (Wildman–Crippen LogP) is 0.479. The summed E-state index contributed by atoms with van der Waals surface area (Å²) in [5, 5.41) is 2.66. The van der Waals surface area contributed by atoms with Gasteiger partial charge in [-0.25, -0.2) is 4.79 Å². The van der Waals surface area contributed by atoms with Crippen molar-refractivity contribution in [3.63, 3.8) is 0 Å². The number of nitrogens with zero attached hydrogens (tertiary/aromatic N) is 1. The van der Waals surface area contributed by atoms with Crippen molar-refractivity contribution in [3.8, 4) is 0 Å². The zero-order chi connectivity index (χ0) is 8.72. The first-order valence-electron chi connectivity index (χ1n) is 4.37. The minimum absolute atomic E-state index is 0.0370. The van der Waals surface area contributed by atoms with Gasteiger partial charge in [0.2, 0.25) is 0 Å². The third-order valence-corrected chi connectivity index (χ3v) is 2.37. The lowest BCUT2D eigenvalue weighted by atomic mass is 10.2. The molecule has 0 radical (unpaired) electrons. The molecule has 0 aromatic rings. The van der Waals surface area contributed by atoms with Gasteiger partial charge < -0.3 is 5.32 Å². The third-order valence-electron chi connectivity index (χ3n) is 2.37. The maximum Gasteiger partial charge on any atom is 0.325 e. The molecule has 0 bridgehead atoms. The molecule has 1 atom stereocenters. The van der Waals surface area contributed by atoms with Gasteiger partial charge in [0.1, 0.15) is 6.04 Å². The van der Waals surface area contributed by atoms with Crippen molar-refractivity contribution in [1.29, 1.82) is 0 Å². The molecule has 12 heavy (non-hydrogen) atoms. The minimum atomic E-state index is -0.266. The summed E-state index contributed by atoms with van der Waals surface area (Å²) < 4.78 is 0. The van der Waals surface area contributed by atoms with Crippen LogP contribution in [0.15, 0.2) is 0 Å². The van der Waals surface area contributed by atoms with Gasteiger partial charge in [-0.3, -0.25) is 9.69 Å². The standard InChI is InChI=1S/C8H12N2O2/c1-2-6-7(11)10(5-3-4-5)8(12)9-6/h5-6H,2-4H2,1H3,(H,9,12). The third kappa shape index (κ3) is 0.983. The first-order chi connectivity index (χ1) is 5.74. The number of rotatable bonds is 2. The van der Waals surface area contributed by atoms with E-state index in [1.807, 2.05) is 6.92 Å². The molecule has 0 aromatic carbocycles. The average molecular weight is 168 g/mol. The Hall–Kier alpha value is -1.06. The summed E-state index contributed by atoms with van der Waals surface area (Å²) in [6.07, 6.45) is 2.65. The van der Waals surface area contributed by atoms with Crippen molar-refractivity contribution in [1.82, 2.24) is 10.2 Å². The van der Waals surface area contributed by atoms with E-state index in [9.17, 15) is 9.59 Å².